The number of halogens is 4. The predicted molar refractivity (Wildman–Crippen MR) is 181 cm³/mol. The molecular weight excluding hydrogens is 634 g/mol. The van der Waals surface area contributed by atoms with Crippen LogP contribution in [-0.4, -0.2) is 10.4 Å². The Labute approximate surface area is 256 Å². The first kappa shape index (κ1) is 37.8. The summed E-state index contributed by atoms with van der Waals surface area (Å²) >= 11 is 20.3. The lowest BCUT2D eigenvalue weighted by molar-refractivity contribution is 0.514. The molecule has 0 aromatic heterocycles. The van der Waals surface area contributed by atoms with E-state index in [1.165, 1.54) is 184 Å². The summed E-state index contributed by atoms with van der Waals surface area (Å²) in [5, 5.41) is 0. The molecule has 0 atom stereocenters. The molecule has 0 rings (SSSR count). The molecule has 0 spiro atoms. The summed E-state index contributed by atoms with van der Waals surface area (Å²) in [6.45, 7) is 0. The lowest BCUT2D eigenvalue weighted by Gasteiger charge is -2.07. The van der Waals surface area contributed by atoms with Crippen LogP contribution in [0.15, 0.2) is 0 Å². The van der Waals surface area contributed by atoms with Crippen LogP contribution >= 0.6 is 55.8 Å². The molecule has 218 valence electrons. The topological polar surface area (TPSA) is 0 Å². The highest BCUT2D eigenvalue weighted by molar-refractivity contribution is 14.1. The van der Waals surface area contributed by atoms with Gasteiger partial charge in [-0.2, -0.15) is 0 Å². The van der Waals surface area contributed by atoms with Gasteiger partial charge in [-0.05, 0) is 16.9 Å². The second kappa shape index (κ2) is 31.3. The number of unbranched alkanes of at least 4 members (excludes halogenated alkanes) is 28. The number of rotatable bonds is 31. The zero-order valence-electron chi connectivity index (χ0n) is 23.9. The van der Waals surface area contributed by atoms with Crippen LogP contribution in [0.2, 0.25) is 6.04 Å². The Morgan fingerprint density at radius 2 is 0.444 bits per heavy atom. The van der Waals surface area contributed by atoms with Crippen molar-refractivity contribution in [2.45, 2.75) is 192 Å². The monoisotopic (exact) mass is 694 g/mol. The molecule has 0 aromatic carbocycles. The van der Waals surface area contributed by atoms with Crippen LogP contribution in [0.1, 0.15) is 186 Å². The van der Waals surface area contributed by atoms with E-state index in [2.05, 4.69) is 22.6 Å². The number of hydrogen-bond acceptors (Lipinski definition) is 0. The summed E-state index contributed by atoms with van der Waals surface area (Å²) in [6.07, 6.45) is 41.6. The molecule has 0 aliphatic carbocycles. The Kier molecular flexibility index (Phi) is 32.9. The second-order valence-electron chi connectivity index (χ2n) is 11.3. The fourth-order valence-corrected chi connectivity index (χ4v) is 7.59. The number of alkyl halides is 1. The highest BCUT2D eigenvalue weighted by Gasteiger charge is 2.23. The molecule has 0 saturated carbocycles. The first-order valence-electron chi connectivity index (χ1n) is 16.2. The standard InChI is InChI=1S/C31H62Cl3ISi/c32-36(33,34)31-29-27-25-23-21-19-17-15-13-11-9-7-5-3-1-2-4-6-8-10-12-14-16-18-20-22-24-26-28-30-35/h1-31H2. The van der Waals surface area contributed by atoms with E-state index in [4.69, 9.17) is 33.2 Å². The molecule has 0 fully saturated rings. The van der Waals surface area contributed by atoms with Gasteiger partial charge in [0.1, 0.15) is 0 Å². The Balaban J connectivity index is 3.03. The van der Waals surface area contributed by atoms with Crippen molar-refractivity contribution in [2.75, 3.05) is 4.43 Å². The molecule has 0 N–H and O–H groups in total. The first-order valence-corrected chi connectivity index (χ1v) is 23.0. The summed E-state index contributed by atoms with van der Waals surface area (Å²) in [7, 11) is 0. The van der Waals surface area contributed by atoms with Gasteiger partial charge in [-0.3, -0.25) is 0 Å². The molecule has 5 heteroatoms. The Hall–Kier alpha value is 1.82. The van der Waals surface area contributed by atoms with Crippen molar-refractivity contribution < 1.29 is 0 Å². The fraction of sp³-hybridized carbons (Fsp3) is 1.00. The molecule has 0 saturated heterocycles. The van der Waals surface area contributed by atoms with Crippen molar-refractivity contribution in [3.8, 4) is 0 Å². The van der Waals surface area contributed by atoms with Crippen LogP contribution < -0.4 is 0 Å². The summed E-state index contributed by atoms with van der Waals surface area (Å²) in [5.41, 5.74) is 0. The molecule has 0 bridgehead atoms. The quantitative estimate of drug-likeness (QED) is 0.0223. The van der Waals surface area contributed by atoms with E-state index in [9.17, 15) is 0 Å². The molecule has 0 aliphatic heterocycles. The normalized spacial score (nSPS) is 12.0. The third kappa shape index (κ3) is 35.8. The largest absolute Gasteiger partial charge is 0.341 e. The lowest BCUT2D eigenvalue weighted by Crippen LogP contribution is -2.07. The van der Waals surface area contributed by atoms with Crippen molar-refractivity contribution in [2.24, 2.45) is 0 Å². The predicted octanol–water partition coefficient (Wildman–Crippen LogP) is 14.4. The molecule has 0 radical (unpaired) electrons. The van der Waals surface area contributed by atoms with Gasteiger partial charge in [0, 0.05) is 0 Å². The molecule has 0 nitrogen and oxygen atoms in total. The summed E-state index contributed by atoms with van der Waals surface area (Å²) in [4.78, 5) is 0. The molecule has 0 aromatic rings. The van der Waals surface area contributed by atoms with E-state index in [0.29, 0.717) is 0 Å². The van der Waals surface area contributed by atoms with Gasteiger partial charge in [0.2, 0.25) is 0 Å². The smallest absolute Gasteiger partial charge is 0.126 e. The molecular formula is C31H62Cl3ISi. The second-order valence-corrected chi connectivity index (χ2v) is 21.7. The molecule has 0 unspecified atom stereocenters. The van der Waals surface area contributed by atoms with Crippen molar-refractivity contribution in [1.29, 1.82) is 0 Å². The average Bonchev–Trinajstić information content (AvgIpc) is 2.84. The van der Waals surface area contributed by atoms with E-state index in [-0.39, 0.29) is 0 Å². The van der Waals surface area contributed by atoms with E-state index >= 15 is 0 Å². The minimum Gasteiger partial charge on any atom is -0.126 e. The zero-order chi connectivity index (χ0) is 26.4. The van der Waals surface area contributed by atoms with Gasteiger partial charge in [-0.15, -0.1) is 33.2 Å². The van der Waals surface area contributed by atoms with Crippen molar-refractivity contribution in [3.05, 3.63) is 0 Å². The van der Waals surface area contributed by atoms with E-state index in [0.717, 1.165) is 12.5 Å². The van der Waals surface area contributed by atoms with Crippen molar-refractivity contribution in [3.63, 3.8) is 0 Å². The van der Waals surface area contributed by atoms with Gasteiger partial charge < -0.3 is 0 Å². The van der Waals surface area contributed by atoms with Crippen LogP contribution in [0.3, 0.4) is 0 Å². The third-order valence-corrected chi connectivity index (χ3v) is 11.0. The van der Waals surface area contributed by atoms with E-state index in [1.807, 2.05) is 0 Å². The minimum absolute atomic E-state index is 0.830. The van der Waals surface area contributed by atoms with Gasteiger partial charge in [-0.1, -0.05) is 202 Å². The Bertz CT molecular complexity index is 404. The van der Waals surface area contributed by atoms with Crippen LogP contribution in [0, 0.1) is 0 Å². The maximum Gasteiger partial charge on any atom is 0.341 e. The Morgan fingerprint density at radius 1 is 0.278 bits per heavy atom. The zero-order valence-corrected chi connectivity index (χ0v) is 29.4. The lowest BCUT2D eigenvalue weighted by atomic mass is 10.0. The van der Waals surface area contributed by atoms with Crippen molar-refractivity contribution >= 4 is 61.8 Å². The maximum atomic E-state index is 5.92. The van der Waals surface area contributed by atoms with Gasteiger partial charge in [0.05, 0.1) is 0 Å². The Morgan fingerprint density at radius 3 is 0.611 bits per heavy atom. The van der Waals surface area contributed by atoms with Crippen LogP contribution in [0.5, 0.6) is 0 Å². The van der Waals surface area contributed by atoms with Crippen molar-refractivity contribution in [1.82, 2.24) is 0 Å². The summed E-state index contributed by atoms with van der Waals surface area (Å²) < 4.78 is 1.34. The van der Waals surface area contributed by atoms with Crippen LogP contribution in [0.4, 0.5) is 0 Å². The van der Waals surface area contributed by atoms with Gasteiger partial charge in [0.15, 0.2) is 0 Å². The summed E-state index contributed by atoms with van der Waals surface area (Å²) in [6, 6.07) is -1.53. The molecule has 0 aliphatic rings. The van der Waals surface area contributed by atoms with Gasteiger partial charge in [-0.25, -0.2) is 0 Å². The maximum absolute atomic E-state index is 5.92. The summed E-state index contributed by atoms with van der Waals surface area (Å²) in [5.74, 6) is 0. The van der Waals surface area contributed by atoms with Gasteiger partial charge in [0.25, 0.3) is 0 Å². The van der Waals surface area contributed by atoms with Crippen LogP contribution in [-0.2, 0) is 0 Å². The minimum atomic E-state index is -2.36. The highest BCUT2D eigenvalue weighted by Crippen LogP contribution is 2.27. The SMILES string of the molecule is Cl[Si](Cl)(Cl)CCCCCCCCCCCCCCCCCCCCCCCCCCCCCCCI. The first-order chi connectivity index (χ1) is 17.6. The van der Waals surface area contributed by atoms with E-state index < -0.39 is 6.00 Å². The molecule has 36 heavy (non-hydrogen) atoms. The molecule has 0 heterocycles. The van der Waals surface area contributed by atoms with E-state index in [1.54, 1.807) is 0 Å². The average molecular weight is 696 g/mol. The third-order valence-electron chi connectivity index (χ3n) is 7.59. The fourth-order valence-electron chi connectivity index (χ4n) is 5.19. The highest BCUT2D eigenvalue weighted by atomic mass is 127. The molecule has 0 amide bonds. The van der Waals surface area contributed by atoms with Crippen LogP contribution in [0.25, 0.3) is 0 Å². The van der Waals surface area contributed by atoms with Gasteiger partial charge >= 0.3 is 6.00 Å². The number of hydrogen-bond donors (Lipinski definition) is 0.